The van der Waals surface area contributed by atoms with E-state index in [4.69, 9.17) is 11.6 Å². The van der Waals surface area contributed by atoms with Gasteiger partial charge in [0.15, 0.2) is 0 Å². The Balaban J connectivity index is 1.59. The Kier molecular flexibility index (Phi) is 8.30. The van der Waals surface area contributed by atoms with Gasteiger partial charge in [0.05, 0.1) is 0 Å². The van der Waals surface area contributed by atoms with Crippen molar-refractivity contribution in [2.75, 3.05) is 57.3 Å². The number of hydrogen-bond donors (Lipinski definition) is 0. The number of carbonyl (C=O) groups excluding carboxylic acids is 2. The Hall–Kier alpha value is -2.41. The summed E-state index contributed by atoms with van der Waals surface area (Å²) >= 11 is 6.19. The fraction of sp³-hybridized carbons (Fsp3) is 0.619. The molecule has 2 saturated heterocycles. The van der Waals surface area contributed by atoms with Crippen LogP contribution in [0.4, 0.5) is 36.8 Å². The van der Waals surface area contributed by atoms with Gasteiger partial charge in [-0.05, 0) is 17.7 Å². The molecule has 196 valence electrons. The number of halogens is 7. The van der Waals surface area contributed by atoms with Gasteiger partial charge in [0, 0.05) is 76.5 Å². The zero-order valence-corrected chi connectivity index (χ0v) is 19.6. The summed E-state index contributed by atoms with van der Waals surface area (Å²) in [6.07, 6.45) is -17.3. The van der Waals surface area contributed by atoms with Gasteiger partial charge in [-0.1, -0.05) is 17.7 Å². The highest BCUT2D eigenvalue weighted by molar-refractivity contribution is 6.30. The Bertz CT molecular complexity index is 899. The molecule has 2 aliphatic rings. The van der Waals surface area contributed by atoms with Crippen LogP contribution in [0.15, 0.2) is 18.2 Å². The minimum absolute atomic E-state index is 0.00385. The molecule has 2 aliphatic heterocycles. The molecule has 2 fully saturated rings. The molecule has 7 nitrogen and oxygen atoms in total. The van der Waals surface area contributed by atoms with Crippen molar-refractivity contribution in [1.82, 2.24) is 14.7 Å². The number of piperazine rings is 2. The van der Waals surface area contributed by atoms with Crippen LogP contribution in [0.25, 0.3) is 0 Å². The molecule has 0 bridgehead atoms. The number of nitrogens with zero attached hydrogens (tertiary/aromatic N) is 4. The molecule has 0 saturated carbocycles. The molecule has 0 N–H and O–H groups in total. The van der Waals surface area contributed by atoms with Crippen LogP contribution < -0.4 is 4.90 Å². The molecule has 35 heavy (non-hydrogen) atoms. The lowest BCUT2D eigenvalue weighted by Gasteiger charge is -2.38. The number of alkyl halides is 6. The van der Waals surface area contributed by atoms with Crippen LogP contribution in [-0.2, 0) is 16.1 Å². The Labute approximate surface area is 203 Å². The highest BCUT2D eigenvalue weighted by Crippen LogP contribution is 2.36. The van der Waals surface area contributed by atoms with Gasteiger partial charge in [0.2, 0.25) is 5.91 Å². The molecular weight excluding hydrogens is 506 g/mol. The number of ether oxygens (including phenoxy) is 1. The van der Waals surface area contributed by atoms with E-state index in [1.165, 1.54) is 6.92 Å². The molecule has 1 aromatic carbocycles. The lowest BCUT2D eigenvalue weighted by Crippen LogP contribution is -2.52. The molecule has 2 heterocycles. The monoisotopic (exact) mass is 530 g/mol. The maximum Gasteiger partial charge on any atom is 0.434 e. The Morgan fingerprint density at radius 1 is 0.914 bits per heavy atom. The highest BCUT2D eigenvalue weighted by atomic mass is 35.5. The van der Waals surface area contributed by atoms with Gasteiger partial charge in [0.25, 0.3) is 6.10 Å². The minimum atomic E-state index is -5.75. The van der Waals surface area contributed by atoms with Crippen molar-refractivity contribution in [3.8, 4) is 0 Å². The number of rotatable bonds is 4. The van der Waals surface area contributed by atoms with Crippen molar-refractivity contribution in [1.29, 1.82) is 0 Å². The van der Waals surface area contributed by atoms with E-state index in [0.717, 1.165) is 16.2 Å². The van der Waals surface area contributed by atoms with Crippen LogP contribution in [0.1, 0.15) is 12.5 Å². The first-order chi connectivity index (χ1) is 16.3. The van der Waals surface area contributed by atoms with Crippen LogP contribution in [0.2, 0.25) is 5.02 Å². The molecule has 0 aromatic heterocycles. The van der Waals surface area contributed by atoms with Gasteiger partial charge < -0.3 is 19.4 Å². The van der Waals surface area contributed by atoms with Crippen LogP contribution >= 0.6 is 11.6 Å². The molecule has 14 heteroatoms. The second-order valence-electron chi connectivity index (χ2n) is 8.38. The average Bonchev–Trinajstić information content (AvgIpc) is 2.77. The van der Waals surface area contributed by atoms with E-state index in [2.05, 4.69) is 9.64 Å². The number of amides is 2. The molecule has 0 spiro atoms. The van der Waals surface area contributed by atoms with Gasteiger partial charge in [-0.3, -0.25) is 9.69 Å². The molecule has 0 radical (unpaired) electrons. The van der Waals surface area contributed by atoms with E-state index in [-0.39, 0.29) is 32.1 Å². The van der Waals surface area contributed by atoms with Gasteiger partial charge in [-0.15, -0.1) is 0 Å². The first-order valence-corrected chi connectivity index (χ1v) is 11.2. The fourth-order valence-corrected chi connectivity index (χ4v) is 4.22. The lowest BCUT2D eigenvalue weighted by molar-refractivity contribution is -0.308. The first-order valence-electron chi connectivity index (χ1n) is 10.9. The predicted octanol–water partition coefficient (Wildman–Crippen LogP) is 3.76. The molecule has 1 aromatic rings. The number of benzene rings is 1. The van der Waals surface area contributed by atoms with Gasteiger partial charge in [0.1, 0.15) is 0 Å². The summed E-state index contributed by atoms with van der Waals surface area (Å²) in [5.74, 6) is 0.00385. The second kappa shape index (κ2) is 10.7. The number of carbonyl (C=O) groups is 2. The largest absolute Gasteiger partial charge is 0.434 e. The van der Waals surface area contributed by atoms with Crippen LogP contribution in [0.3, 0.4) is 0 Å². The topological polar surface area (TPSA) is 56.3 Å². The Morgan fingerprint density at radius 2 is 1.46 bits per heavy atom. The summed E-state index contributed by atoms with van der Waals surface area (Å²) in [5.41, 5.74) is 1.82. The third-order valence-electron chi connectivity index (χ3n) is 5.95. The summed E-state index contributed by atoms with van der Waals surface area (Å²) in [4.78, 5) is 30.2. The number of anilines is 1. The van der Waals surface area contributed by atoms with Crippen molar-refractivity contribution >= 4 is 29.3 Å². The summed E-state index contributed by atoms with van der Waals surface area (Å²) in [7, 11) is 0. The Morgan fingerprint density at radius 3 is 1.97 bits per heavy atom. The van der Waals surface area contributed by atoms with Gasteiger partial charge in [-0.25, -0.2) is 4.79 Å². The zero-order valence-electron chi connectivity index (χ0n) is 18.8. The van der Waals surface area contributed by atoms with Crippen molar-refractivity contribution in [3.05, 3.63) is 28.8 Å². The second-order valence-corrected chi connectivity index (χ2v) is 8.81. The van der Waals surface area contributed by atoms with Gasteiger partial charge in [-0.2, -0.15) is 26.3 Å². The SMILES string of the molecule is CC(=O)N1CCN(c2cc(Cl)ccc2CN2CCN(C(=O)OC(C(F)(F)F)C(F)(F)F)CC2)CC1. The van der Waals surface area contributed by atoms with E-state index in [1.54, 1.807) is 11.0 Å². The maximum absolute atomic E-state index is 12.7. The molecule has 0 aliphatic carbocycles. The quantitative estimate of drug-likeness (QED) is 0.555. The fourth-order valence-electron chi connectivity index (χ4n) is 4.05. The normalized spacial score (nSPS) is 18.3. The molecule has 2 amide bonds. The highest BCUT2D eigenvalue weighted by Gasteiger charge is 2.60. The molecule has 3 rings (SSSR count). The van der Waals surface area contributed by atoms with Crippen LogP contribution in [0, 0.1) is 0 Å². The van der Waals surface area contributed by atoms with Crippen molar-refractivity contribution < 1.29 is 40.7 Å². The lowest BCUT2D eigenvalue weighted by atomic mass is 10.1. The van der Waals surface area contributed by atoms with E-state index >= 15 is 0 Å². The third kappa shape index (κ3) is 7.06. The van der Waals surface area contributed by atoms with E-state index in [9.17, 15) is 35.9 Å². The summed E-state index contributed by atoms with van der Waals surface area (Å²) < 4.78 is 79.8. The number of hydrogen-bond acceptors (Lipinski definition) is 5. The first kappa shape index (κ1) is 27.2. The van der Waals surface area contributed by atoms with Crippen LogP contribution in [0.5, 0.6) is 0 Å². The standard InChI is InChI=1S/C21H25ClF6N4O3/c1-14(33)30-8-10-31(11-9-30)17-12-16(22)3-2-15(17)13-29-4-6-32(7-5-29)19(34)35-18(20(23,24)25)21(26,27)28/h2-3,12,18H,4-11,13H2,1H3. The van der Waals surface area contributed by atoms with Gasteiger partial charge >= 0.3 is 18.4 Å². The smallest absolute Gasteiger partial charge is 0.426 e. The van der Waals surface area contributed by atoms with E-state index < -0.39 is 24.5 Å². The predicted molar refractivity (Wildman–Crippen MR) is 115 cm³/mol. The zero-order chi connectivity index (χ0) is 26.0. The molecule has 0 unspecified atom stereocenters. The third-order valence-corrected chi connectivity index (χ3v) is 6.19. The van der Waals surface area contributed by atoms with Crippen molar-refractivity contribution in [3.63, 3.8) is 0 Å². The minimum Gasteiger partial charge on any atom is -0.426 e. The van der Waals surface area contributed by atoms with Crippen molar-refractivity contribution in [2.24, 2.45) is 0 Å². The maximum atomic E-state index is 12.7. The summed E-state index contributed by atoms with van der Waals surface area (Å²) in [6, 6.07) is 5.41. The van der Waals surface area contributed by atoms with Crippen molar-refractivity contribution in [2.45, 2.75) is 31.9 Å². The van der Waals surface area contributed by atoms with E-state index in [1.807, 2.05) is 17.0 Å². The molecule has 0 atom stereocenters. The molecular formula is C21H25ClF6N4O3. The average molecular weight is 531 g/mol. The van der Waals surface area contributed by atoms with E-state index in [0.29, 0.717) is 37.7 Å². The summed E-state index contributed by atoms with van der Waals surface area (Å²) in [5, 5.41) is 0.536. The summed E-state index contributed by atoms with van der Waals surface area (Å²) in [6.45, 7) is 4.63. The van der Waals surface area contributed by atoms with Crippen LogP contribution in [-0.4, -0.2) is 97.5 Å².